The molecule has 0 N–H and O–H groups in total. The number of carbonyl (C=O) groups is 1. The molecule has 0 bridgehead atoms. The Bertz CT molecular complexity index is 1190. The van der Waals surface area contributed by atoms with E-state index in [4.69, 9.17) is 4.98 Å². The van der Waals surface area contributed by atoms with Crippen LogP contribution in [-0.4, -0.2) is 56.1 Å². The zero-order valence-electron chi connectivity index (χ0n) is 20.3. The molecule has 0 spiro atoms. The Hall–Kier alpha value is -2.00. The number of carbonyl (C=O) groups excluding carboxylic acids is 1. The van der Waals surface area contributed by atoms with Crippen molar-refractivity contribution in [3.63, 3.8) is 0 Å². The van der Waals surface area contributed by atoms with E-state index in [1.807, 2.05) is 19.1 Å². The highest BCUT2D eigenvalue weighted by molar-refractivity contribution is 7.91. The van der Waals surface area contributed by atoms with Crippen LogP contribution in [0.25, 0.3) is 10.2 Å². The van der Waals surface area contributed by atoms with Gasteiger partial charge >= 0.3 is 0 Å². The first-order valence-corrected chi connectivity index (χ1v) is 14.0. The van der Waals surface area contributed by atoms with E-state index in [9.17, 15) is 13.2 Å². The molecule has 0 atom stereocenters. The first-order chi connectivity index (χ1) is 15.8. The molecule has 0 unspecified atom stereocenters. The summed E-state index contributed by atoms with van der Waals surface area (Å²) < 4.78 is 26.6. The second kappa shape index (κ2) is 12.6. The summed E-state index contributed by atoms with van der Waals surface area (Å²) in [6, 6.07) is 12.8. The van der Waals surface area contributed by atoms with E-state index >= 15 is 0 Å². The van der Waals surface area contributed by atoms with Gasteiger partial charge in [0.2, 0.25) is 5.91 Å². The third-order valence-electron chi connectivity index (χ3n) is 5.90. The third-order valence-corrected chi connectivity index (χ3v) is 8.68. The Morgan fingerprint density at radius 1 is 1.00 bits per heavy atom. The molecule has 34 heavy (non-hydrogen) atoms. The Kier molecular flexibility index (Phi) is 10.5. The fourth-order valence-corrected chi connectivity index (χ4v) is 6.01. The lowest BCUT2D eigenvalue weighted by Crippen LogP contribution is -2.39. The van der Waals surface area contributed by atoms with Crippen molar-refractivity contribution < 1.29 is 13.2 Å². The van der Waals surface area contributed by atoms with E-state index in [0.717, 1.165) is 40.9 Å². The number of aromatic nitrogens is 1. The van der Waals surface area contributed by atoms with E-state index in [1.54, 1.807) is 29.2 Å². The number of thiazole rings is 1. The highest BCUT2D eigenvalue weighted by Crippen LogP contribution is 2.31. The number of rotatable bonds is 11. The van der Waals surface area contributed by atoms with E-state index in [1.165, 1.54) is 11.3 Å². The largest absolute Gasteiger partial charge is 0.302 e. The van der Waals surface area contributed by atoms with Crippen LogP contribution in [0.5, 0.6) is 0 Å². The Morgan fingerprint density at radius 2 is 1.68 bits per heavy atom. The van der Waals surface area contributed by atoms with E-state index in [2.05, 4.69) is 31.7 Å². The first kappa shape index (κ1) is 28.2. The Balaban J connectivity index is 0.00000408. The minimum atomic E-state index is -3.54. The standard InChI is InChI=1S/C25H33N3O3S2.ClH/c1-5-20-9-8-10-22-24(20)26-25(32-22)28(17-16-27(6-2)7-3)23(29)15-18-33(30,31)21-13-11-19(4)12-14-21;/h8-14H,5-7,15-18H2,1-4H3;1H. The quantitative estimate of drug-likeness (QED) is 0.348. The van der Waals surface area contributed by atoms with Gasteiger partial charge in [0.05, 0.1) is 20.9 Å². The fraction of sp³-hybridized carbons (Fsp3) is 0.440. The summed E-state index contributed by atoms with van der Waals surface area (Å²) in [4.78, 5) is 22.3. The molecule has 9 heteroatoms. The van der Waals surface area contributed by atoms with Crippen LogP contribution in [-0.2, 0) is 21.1 Å². The van der Waals surface area contributed by atoms with Crippen molar-refractivity contribution in [2.75, 3.05) is 36.8 Å². The molecule has 0 aliphatic rings. The van der Waals surface area contributed by atoms with Crippen LogP contribution < -0.4 is 4.90 Å². The maximum absolute atomic E-state index is 13.3. The van der Waals surface area contributed by atoms with Crippen LogP contribution in [0, 0.1) is 6.92 Å². The molecule has 186 valence electrons. The summed E-state index contributed by atoms with van der Waals surface area (Å²) in [7, 11) is -3.54. The van der Waals surface area contributed by atoms with Gasteiger partial charge < -0.3 is 4.90 Å². The van der Waals surface area contributed by atoms with Gasteiger partial charge in [0.15, 0.2) is 15.0 Å². The predicted molar refractivity (Wildman–Crippen MR) is 144 cm³/mol. The molecule has 0 aliphatic carbocycles. The van der Waals surface area contributed by atoms with Crippen LogP contribution in [0.4, 0.5) is 5.13 Å². The normalized spacial score (nSPS) is 11.6. The number of hydrogen-bond acceptors (Lipinski definition) is 6. The van der Waals surface area contributed by atoms with Crippen LogP contribution in [0.3, 0.4) is 0 Å². The zero-order valence-corrected chi connectivity index (χ0v) is 22.7. The molecular formula is C25H34ClN3O3S2. The molecule has 0 fully saturated rings. The van der Waals surface area contributed by atoms with Crippen LogP contribution >= 0.6 is 23.7 Å². The number of halogens is 1. The lowest BCUT2D eigenvalue weighted by molar-refractivity contribution is -0.118. The molecule has 0 radical (unpaired) electrons. The highest BCUT2D eigenvalue weighted by Gasteiger charge is 2.24. The molecule has 2 aromatic carbocycles. The molecule has 1 heterocycles. The van der Waals surface area contributed by atoms with Gasteiger partial charge in [-0.2, -0.15) is 0 Å². The van der Waals surface area contributed by atoms with Gasteiger partial charge in [-0.15, -0.1) is 12.4 Å². The topological polar surface area (TPSA) is 70.6 Å². The van der Waals surface area contributed by atoms with Crippen molar-refractivity contribution in [2.24, 2.45) is 0 Å². The minimum absolute atomic E-state index is 0. The van der Waals surface area contributed by atoms with Crippen LogP contribution in [0.2, 0.25) is 0 Å². The number of nitrogens with zero attached hydrogens (tertiary/aromatic N) is 3. The predicted octanol–water partition coefficient (Wildman–Crippen LogP) is 5.13. The molecule has 1 amide bonds. The molecule has 3 aromatic rings. The van der Waals surface area contributed by atoms with E-state index in [-0.39, 0.29) is 35.4 Å². The average Bonchev–Trinajstić information content (AvgIpc) is 3.24. The van der Waals surface area contributed by atoms with E-state index < -0.39 is 9.84 Å². The Labute approximate surface area is 213 Å². The van der Waals surface area contributed by atoms with Gasteiger partial charge in [-0.25, -0.2) is 13.4 Å². The molecule has 1 aromatic heterocycles. The molecule has 3 rings (SSSR count). The number of likely N-dealkylation sites (N-methyl/N-ethyl adjacent to an activating group) is 1. The van der Waals surface area contributed by atoms with Crippen LogP contribution in [0.15, 0.2) is 47.4 Å². The first-order valence-electron chi connectivity index (χ1n) is 11.5. The average molecular weight is 524 g/mol. The summed E-state index contributed by atoms with van der Waals surface area (Å²) in [5, 5.41) is 0.635. The SMILES string of the molecule is CCc1cccc2sc(N(CCN(CC)CC)C(=O)CCS(=O)(=O)c3ccc(C)cc3)nc12.Cl. The number of anilines is 1. The maximum Gasteiger partial charge on any atom is 0.229 e. The van der Waals surface area contributed by atoms with Crippen molar-refractivity contribution in [1.29, 1.82) is 0 Å². The number of aryl methyl sites for hydroxylation is 2. The molecule has 0 saturated carbocycles. The number of hydrogen-bond donors (Lipinski definition) is 0. The van der Waals surface area contributed by atoms with Gasteiger partial charge in [-0.3, -0.25) is 9.69 Å². The van der Waals surface area contributed by atoms with Crippen molar-refractivity contribution in [1.82, 2.24) is 9.88 Å². The fourth-order valence-electron chi connectivity index (χ4n) is 3.72. The van der Waals surface area contributed by atoms with Crippen molar-refractivity contribution in [3.05, 3.63) is 53.6 Å². The molecule has 6 nitrogen and oxygen atoms in total. The summed E-state index contributed by atoms with van der Waals surface area (Å²) in [5.41, 5.74) is 3.07. The molecule has 0 saturated heterocycles. The second-order valence-corrected chi connectivity index (χ2v) is 11.2. The van der Waals surface area contributed by atoms with Gasteiger partial charge in [0.1, 0.15) is 0 Å². The molecule has 0 aliphatic heterocycles. The zero-order chi connectivity index (χ0) is 24.0. The highest BCUT2D eigenvalue weighted by atomic mass is 35.5. The van der Waals surface area contributed by atoms with Crippen molar-refractivity contribution in [2.45, 2.75) is 45.4 Å². The van der Waals surface area contributed by atoms with Gasteiger partial charge in [0.25, 0.3) is 0 Å². The third kappa shape index (κ3) is 6.78. The van der Waals surface area contributed by atoms with Gasteiger partial charge in [0, 0.05) is 19.5 Å². The van der Waals surface area contributed by atoms with Crippen molar-refractivity contribution in [3.8, 4) is 0 Å². The summed E-state index contributed by atoms with van der Waals surface area (Å²) in [5.74, 6) is -0.433. The summed E-state index contributed by atoms with van der Waals surface area (Å²) in [6.45, 7) is 11.2. The van der Waals surface area contributed by atoms with E-state index in [0.29, 0.717) is 18.2 Å². The number of fused-ring (bicyclic) bond motifs is 1. The van der Waals surface area contributed by atoms with Crippen molar-refractivity contribution >= 4 is 54.8 Å². The van der Waals surface area contributed by atoms with Gasteiger partial charge in [-0.1, -0.05) is 61.9 Å². The minimum Gasteiger partial charge on any atom is -0.302 e. The number of amides is 1. The molecular weight excluding hydrogens is 490 g/mol. The summed E-state index contributed by atoms with van der Waals surface area (Å²) >= 11 is 1.49. The smallest absolute Gasteiger partial charge is 0.229 e. The number of benzene rings is 2. The lowest BCUT2D eigenvalue weighted by Gasteiger charge is -2.24. The number of sulfone groups is 1. The summed E-state index contributed by atoms with van der Waals surface area (Å²) in [6.07, 6.45) is 0.785. The Morgan fingerprint density at radius 3 is 2.29 bits per heavy atom. The second-order valence-electron chi connectivity index (χ2n) is 8.07. The maximum atomic E-state index is 13.3. The number of para-hydroxylation sites is 1. The van der Waals surface area contributed by atoms with Gasteiger partial charge in [-0.05, 0) is 50.2 Å². The lowest BCUT2D eigenvalue weighted by atomic mass is 10.1. The monoisotopic (exact) mass is 523 g/mol. The van der Waals surface area contributed by atoms with Crippen LogP contribution in [0.1, 0.15) is 38.3 Å².